The zero-order valence-corrected chi connectivity index (χ0v) is 8.62. The molecule has 0 aliphatic carbocycles. The summed E-state index contributed by atoms with van der Waals surface area (Å²) in [6, 6.07) is 5.94. The molecule has 0 spiro atoms. The van der Waals surface area contributed by atoms with Crippen LogP contribution in [0.2, 0.25) is 6.32 Å². The van der Waals surface area contributed by atoms with Crippen LogP contribution >= 0.6 is 0 Å². The minimum Gasteiger partial charge on any atom is -0.563 e. The van der Waals surface area contributed by atoms with Crippen LogP contribution in [0.15, 0.2) is 29.2 Å². The topological polar surface area (TPSA) is 69.4 Å². The molecular weight excluding hydrogens is 201 g/mol. The zero-order chi connectivity index (χ0) is 10.6. The van der Waals surface area contributed by atoms with Crippen molar-refractivity contribution in [1.29, 1.82) is 0 Å². The second-order valence-corrected chi connectivity index (χ2v) is 4.27. The Morgan fingerprint density at radius 1 is 1.36 bits per heavy atom. The van der Waals surface area contributed by atoms with Crippen LogP contribution in [-0.2, 0) is 10.0 Å². The third-order valence-corrected chi connectivity index (χ3v) is 2.47. The first kappa shape index (κ1) is 11.1. The fourth-order valence-electron chi connectivity index (χ4n) is 0.887. The summed E-state index contributed by atoms with van der Waals surface area (Å²) in [6.07, 6.45) is 0.789. The number of hydrogen-bond acceptors (Lipinski definition) is 3. The molecule has 0 heterocycles. The first-order valence-corrected chi connectivity index (χ1v) is 5.70. The Labute approximate surface area is 84.4 Å². The fraction of sp³-hybridized carbons (Fsp3) is 0.250. The molecule has 14 heavy (non-hydrogen) atoms. The van der Waals surface area contributed by atoms with Gasteiger partial charge < -0.3 is 4.65 Å². The third kappa shape index (κ3) is 3.04. The summed E-state index contributed by atoms with van der Waals surface area (Å²) in [4.78, 5) is 0.0846. The van der Waals surface area contributed by atoms with Crippen molar-refractivity contribution in [3.63, 3.8) is 0 Å². The first-order chi connectivity index (χ1) is 6.54. The van der Waals surface area contributed by atoms with E-state index >= 15 is 0 Å². The van der Waals surface area contributed by atoms with E-state index in [-0.39, 0.29) is 4.90 Å². The van der Waals surface area contributed by atoms with Gasteiger partial charge in [-0.1, -0.05) is 6.92 Å². The summed E-state index contributed by atoms with van der Waals surface area (Å²) < 4.78 is 26.9. The molecule has 0 saturated carbocycles. The molecule has 1 rings (SSSR count). The smallest absolute Gasteiger partial charge is 0.369 e. The van der Waals surface area contributed by atoms with Crippen molar-refractivity contribution < 1.29 is 13.1 Å². The molecule has 4 nitrogen and oxygen atoms in total. The van der Waals surface area contributed by atoms with Crippen LogP contribution in [0.3, 0.4) is 0 Å². The lowest BCUT2D eigenvalue weighted by Gasteiger charge is -2.03. The highest BCUT2D eigenvalue weighted by Crippen LogP contribution is 2.14. The first-order valence-electron chi connectivity index (χ1n) is 4.15. The molecule has 1 aromatic carbocycles. The lowest BCUT2D eigenvalue weighted by atomic mass is 9.97. The Balaban J connectivity index is 2.79. The molecule has 0 saturated heterocycles. The normalized spacial score (nSPS) is 11.0. The molecule has 0 unspecified atom stereocenters. The molecule has 6 heteroatoms. The van der Waals surface area contributed by atoms with Gasteiger partial charge in [0.15, 0.2) is 0 Å². The van der Waals surface area contributed by atoms with Gasteiger partial charge in [-0.25, -0.2) is 13.6 Å². The number of rotatable bonds is 4. The monoisotopic (exact) mass is 212 g/mol. The van der Waals surface area contributed by atoms with Crippen LogP contribution in [0.1, 0.15) is 6.92 Å². The molecule has 0 bridgehead atoms. The number of hydrogen-bond donors (Lipinski definition) is 1. The van der Waals surface area contributed by atoms with Crippen LogP contribution in [0.5, 0.6) is 5.75 Å². The van der Waals surface area contributed by atoms with Gasteiger partial charge in [-0.15, -0.1) is 0 Å². The van der Waals surface area contributed by atoms with E-state index in [4.69, 9.17) is 9.79 Å². The maximum absolute atomic E-state index is 10.9. The average Bonchev–Trinajstić information content (AvgIpc) is 2.14. The molecule has 0 aliphatic heterocycles. The number of primary sulfonamides is 1. The van der Waals surface area contributed by atoms with Gasteiger partial charge in [-0.05, 0) is 30.6 Å². The van der Waals surface area contributed by atoms with Gasteiger partial charge in [-0.3, -0.25) is 0 Å². The van der Waals surface area contributed by atoms with Crippen molar-refractivity contribution in [3.8, 4) is 5.75 Å². The van der Waals surface area contributed by atoms with Crippen molar-refractivity contribution in [2.24, 2.45) is 5.14 Å². The predicted octanol–water partition coefficient (Wildman–Crippen LogP) is 0.770. The van der Waals surface area contributed by atoms with Gasteiger partial charge in [0.25, 0.3) is 0 Å². The fourth-order valence-corrected chi connectivity index (χ4v) is 1.40. The van der Waals surface area contributed by atoms with Crippen LogP contribution in [0, 0.1) is 0 Å². The Kier molecular flexibility index (Phi) is 3.54. The van der Waals surface area contributed by atoms with Gasteiger partial charge >= 0.3 is 7.48 Å². The molecule has 2 N–H and O–H groups in total. The average molecular weight is 212 g/mol. The maximum atomic E-state index is 10.9. The van der Waals surface area contributed by atoms with E-state index in [0.717, 1.165) is 6.32 Å². The predicted molar refractivity (Wildman–Crippen MR) is 54.7 cm³/mol. The van der Waals surface area contributed by atoms with Crippen LogP contribution in [-0.4, -0.2) is 15.9 Å². The Hall–Kier alpha value is -1.01. The van der Waals surface area contributed by atoms with Crippen molar-refractivity contribution in [1.82, 2.24) is 0 Å². The van der Waals surface area contributed by atoms with Crippen LogP contribution < -0.4 is 9.79 Å². The highest BCUT2D eigenvalue weighted by molar-refractivity contribution is 7.89. The quantitative estimate of drug-likeness (QED) is 0.749. The molecule has 0 amide bonds. The van der Waals surface area contributed by atoms with E-state index in [2.05, 4.69) is 0 Å². The summed E-state index contributed by atoms with van der Waals surface area (Å²) in [6.45, 7) is 1.94. The van der Waals surface area contributed by atoms with Crippen molar-refractivity contribution in [3.05, 3.63) is 24.3 Å². The minimum atomic E-state index is -3.61. The van der Waals surface area contributed by atoms with Crippen molar-refractivity contribution in [2.75, 3.05) is 0 Å². The van der Waals surface area contributed by atoms with E-state index in [9.17, 15) is 8.42 Å². The summed E-state index contributed by atoms with van der Waals surface area (Å²) in [7, 11) is -1.97. The van der Waals surface area contributed by atoms with Gasteiger partial charge in [0.2, 0.25) is 10.0 Å². The van der Waals surface area contributed by atoms with E-state index in [1.54, 1.807) is 19.6 Å². The number of benzene rings is 1. The van der Waals surface area contributed by atoms with Gasteiger partial charge in [0, 0.05) is 0 Å². The lowest BCUT2D eigenvalue weighted by molar-refractivity contribution is 0.590. The van der Waals surface area contributed by atoms with E-state index in [1.165, 1.54) is 12.1 Å². The SMILES string of the molecule is CC[B]Oc1ccc(S(N)(=O)=O)cc1. The largest absolute Gasteiger partial charge is 0.563 e. The summed E-state index contributed by atoms with van der Waals surface area (Å²) in [5, 5.41) is 4.93. The molecule has 0 aliphatic rings. The van der Waals surface area contributed by atoms with Crippen molar-refractivity contribution >= 4 is 17.5 Å². The van der Waals surface area contributed by atoms with E-state index < -0.39 is 10.0 Å². The molecule has 75 valence electrons. The zero-order valence-electron chi connectivity index (χ0n) is 7.80. The molecule has 0 aromatic heterocycles. The van der Waals surface area contributed by atoms with E-state index in [1.807, 2.05) is 6.92 Å². The number of sulfonamides is 1. The molecule has 1 aromatic rings. The third-order valence-electron chi connectivity index (χ3n) is 1.54. The van der Waals surface area contributed by atoms with Crippen LogP contribution in [0.4, 0.5) is 0 Å². The summed E-state index contributed by atoms with van der Waals surface area (Å²) >= 11 is 0. The highest BCUT2D eigenvalue weighted by atomic mass is 32.2. The second kappa shape index (κ2) is 4.48. The Morgan fingerprint density at radius 3 is 2.36 bits per heavy atom. The highest BCUT2D eigenvalue weighted by Gasteiger charge is 2.06. The Morgan fingerprint density at radius 2 is 1.93 bits per heavy atom. The molecule has 0 atom stereocenters. The molecule has 0 fully saturated rings. The summed E-state index contributed by atoms with van der Waals surface area (Å²) in [5.41, 5.74) is 0. The minimum absolute atomic E-state index is 0.0846. The number of nitrogens with two attached hydrogens (primary N) is 1. The summed E-state index contributed by atoms with van der Waals surface area (Å²) in [5.74, 6) is 0.597. The maximum Gasteiger partial charge on any atom is 0.369 e. The van der Waals surface area contributed by atoms with Crippen LogP contribution in [0.25, 0.3) is 0 Å². The Bertz CT molecular complexity index is 388. The molecular formula is C8H11BNO3S. The standard InChI is InChI=1S/C8H11BNO3S/c1-2-9-13-7-3-5-8(6-4-7)14(10,11)12/h3-6H,2H2,1H3,(H2,10,11,12). The second-order valence-electron chi connectivity index (χ2n) is 2.71. The molecule has 1 radical (unpaired) electrons. The van der Waals surface area contributed by atoms with Gasteiger partial charge in [0.1, 0.15) is 0 Å². The van der Waals surface area contributed by atoms with Gasteiger partial charge in [0.05, 0.1) is 10.6 Å². The van der Waals surface area contributed by atoms with Gasteiger partial charge in [-0.2, -0.15) is 0 Å². The van der Waals surface area contributed by atoms with Crippen molar-refractivity contribution in [2.45, 2.75) is 18.1 Å². The lowest BCUT2D eigenvalue weighted by Crippen LogP contribution is -2.11. The van der Waals surface area contributed by atoms with E-state index in [0.29, 0.717) is 5.75 Å².